The summed E-state index contributed by atoms with van der Waals surface area (Å²) in [5.74, 6) is -6.36. The average molecular weight is 207 g/mol. The molecule has 0 aliphatic carbocycles. The Kier molecular flexibility index (Phi) is 3.10. The van der Waals surface area contributed by atoms with E-state index in [1.807, 2.05) is 0 Å². The lowest BCUT2D eigenvalue weighted by Crippen LogP contribution is -2.19. The quantitative estimate of drug-likeness (QED) is 0.448. The van der Waals surface area contributed by atoms with Crippen molar-refractivity contribution in [2.45, 2.75) is 19.4 Å². The fraction of sp³-hybridized carbons (Fsp3) is 0.333. The summed E-state index contributed by atoms with van der Waals surface area (Å²) in [6, 6.07) is 0.172. The third-order valence-corrected chi connectivity index (χ3v) is 1.72. The summed E-state index contributed by atoms with van der Waals surface area (Å²) in [6.45, 7) is 1.55. The van der Waals surface area contributed by atoms with Gasteiger partial charge in [-0.3, -0.25) is 0 Å². The molecule has 0 aliphatic rings. The minimum atomic E-state index is -1.80. The first-order valence-corrected chi connectivity index (χ1v) is 4.01. The van der Waals surface area contributed by atoms with Crippen LogP contribution in [0.5, 0.6) is 0 Å². The van der Waals surface area contributed by atoms with Gasteiger partial charge >= 0.3 is 0 Å². The number of rotatable bonds is 2. The van der Waals surface area contributed by atoms with Gasteiger partial charge < -0.3 is 5.73 Å². The van der Waals surface area contributed by atoms with Gasteiger partial charge in [-0.25, -0.2) is 17.6 Å². The molecule has 0 aliphatic heterocycles. The van der Waals surface area contributed by atoms with E-state index in [2.05, 4.69) is 0 Å². The molecule has 0 unspecified atom stereocenters. The van der Waals surface area contributed by atoms with Crippen molar-refractivity contribution in [3.63, 3.8) is 0 Å². The van der Waals surface area contributed by atoms with Crippen LogP contribution in [0.1, 0.15) is 12.5 Å². The summed E-state index contributed by atoms with van der Waals surface area (Å²) in [4.78, 5) is 0. The smallest absolute Gasteiger partial charge is 0.197 e. The van der Waals surface area contributed by atoms with E-state index in [1.165, 1.54) is 0 Å². The SMILES string of the molecule is C[C@@H](N)Cc1cc(F)c(F)c(F)c1F. The van der Waals surface area contributed by atoms with Crippen LogP contribution in [-0.2, 0) is 6.42 Å². The number of halogens is 4. The van der Waals surface area contributed by atoms with E-state index in [0.29, 0.717) is 6.07 Å². The molecule has 1 rings (SSSR count). The van der Waals surface area contributed by atoms with Crippen molar-refractivity contribution in [2.75, 3.05) is 0 Å². The van der Waals surface area contributed by atoms with Crippen molar-refractivity contribution < 1.29 is 17.6 Å². The fourth-order valence-electron chi connectivity index (χ4n) is 1.12. The van der Waals surface area contributed by atoms with E-state index >= 15 is 0 Å². The summed E-state index contributed by atoms with van der Waals surface area (Å²) < 4.78 is 50.8. The summed E-state index contributed by atoms with van der Waals surface area (Å²) in [7, 11) is 0. The van der Waals surface area contributed by atoms with Gasteiger partial charge in [0.2, 0.25) is 0 Å². The van der Waals surface area contributed by atoms with E-state index in [-0.39, 0.29) is 12.0 Å². The Hall–Kier alpha value is -1.10. The third kappa shape index (κ3) is 2.04. The maximum absolute atomic E-state index is 13.0. The van der Waals surface area contributed by atoms with Crippen molar-refractivity contribution >= 4 is 0 Å². The lowest BCUT2D eigenvalue weighted by Gasteiger charge is -2.07. The van der Waals surface area contributed by atoms with Crippen molar-refractivity contribution in [1.29, 1.82) is 0 Å². The maximum atomic E-state index is 13.0. The van der Waals surface area contributed by atoms with E-state index < -0.39 is 29.3 Å². The van der Waals surface area contributed by atoms with Crippen LogP contribution in [0.3, 0.4) is 0 Å². The van der Waals surface area contributed by atoms with Crippen LogP contribution in [0.25, 0.3) is 0 Å². The Labute approximate surface area is 78.5 Å². The molecule has 0 saturated carbocycles. The molecule has 0 spiro atoms. The Morgan fingerprint density at radius 1 is 1.14 bits per heavy atom. The summed E-state index contributed by atoms with van der Waals surface area (Å²) in [5.41, 5.74) is 5.07. The molecular formula is C9H9F4N. The molecular weight excluding hydrogens is 198 g/mol. The van der Waals surface area contributed by atoms with Crippen molar-refractivity contribution in [3.05, 3.63) is 34.9 Å². The second kappa shape index (κ2) is 3.96. The average Bonchev–Trinajstić information content (AvgIpc) is 2.10. The highest BCUT2D eigenvalue weighted by atomic mass is 19.2. The van der Waals surface area contributed by atoms with Crippen LogP contribution < -0.4 is 5.73 Å². The van der Waals surface area contributed by atoms with E-state index in [4.69, 9.17) is 5.73 Å². The molecule has 0 amide bonds. The third-order valence-electron chi connectivity index (χ3n) is 1.72. The van der Waals surface area contributed by atoms with Crippen LogP contribution in [0.15, 0.2) is 6.07 Å². The molecule has 0 fully saturated rings. The van der Waals surface area contributed by atoms with Crippen LogP contribution >= 0.6 is 0 Å². The summed E-state index contributed by atoms with van der Waals surface area (Å²) in [5, 5.41) is 0. The van der Waals surface area contributed by atoms with E-state index in [0.717, 1.165) is 0 Å². The molecule has 2 N–H and O–H groups in total. The molecule has 1 aromatic carbocycles. The standard InChI is InChI=1S/C9H9F4N/c1-4(14)2-5-3-6(10)8(12)9(13)7(5)11/h3-4H,2,14H2,1H3/t4-/m1/s1. The highest BCUT2D eigenvalue weighted by molar-refractivity contribution is 5.22. The lowest BCUT2D eigenvalue weighted by molar-refractivity contribution is 0.402. The van der Waals surface area contributed by atoms with E-state index in [1.54, 1.807) is 6.92 Å². The number of nitrogens with two attached hydrogens (primary N) is 1. The van der Waals surface area contributed by atoms with Gasteiger partial charge in [0, 0.05) is 6.04 Å². The van der Waals surface area contributed by atoms with Gasteiger partial charge in [0.05, 0.1) is 0 Å². The molecule has 0 saturated heterocycles. The highest BCUT2D eigenvalue weighted by Crippen LogP contribution is 2.19. The van der Waals surface area contributed by atoms with Gasteiger partial charge in [-0.2, -0.15) is 0 Å². The molecule has 0 bridgehead atoms. The van der Waals surface area contributed by atoms with Gasteiger partial charge in [-0.05, 0) is 25.0 Å². The molecule has 0 heterocycles. The molecule has 1 atom stereocenters. The molecule has 14 heavy (non-hydrogen) atoms. The van der Waals surface area contributed by atoms with Gasteiger partial charge in [-0.15, -0.1) is 0 Å². The van der Waals surface area contributed by atoms with Crippen LogP contribution in [0.2, 0.25) is 0 Å². The zero-order valence-corrected chi connectivity index (χ0v) is 7.45. The maximum Gasteiger partial charge on any atom is 0.197 e. The number of hydrogen-bond acceptors (Lipinski definition) is 1. The first kappa shape index (κ1) is 11.0. The van der Waals surface area contributed by atoms with Crippen molar-refractivity contribution in [2.24, 2.45) is 5.73 Å². The largest absolute Gasteiger partial charge is 0.328 e. The number of hydrogen-bond donors (Lipinski definition) is 1. The molecule has 0 radical (unpaired) electrons. The van der Waals surface area contributed by atoms with Crippen LogP contribution in [0, 0.1) is 23.3 Å². The van der Waals surface area contributed by atoms with Crippen molar-refractivity contribution in [1.82, 2.24) is 0 Å². The Morgan fingerprint density at radius 3 is 2.21 bits per heavy atom. The minimum Gasteiger partial charge on any atom is -0.328 e. The predicted octanol–water partition coefficient (Wildman–Crippen LogP) is 2.13. The lowest BCUT2D eigenvalue weighted by atomic mass is 10.1. The number of benzene rings is 1. The zero-order valence-electron chi connectivity index (χ0n) is 7.45. The molecule has 0 aromatic heterocycles. The van der Waals surface area contributed by atoms with Gasteiger partial charge in [0.15, 0.2) is 23.3 Å². The predicted molar refractivity (Wildman–Crippen MR) is 43.6 cm³/mol. The second-order valence-corrected chi connectivity index (χ2v) is 3.14. The topological polar surface area (TPSA) is 26.0 Å². The monoisotopic (exact) mass is 207 g/mol. The molecule has 78 valence electrons. The minimum absolute atomic E-state index is 0.0417. The first-order valence-electron chi connectivity index (χ1n) is 4.01. The van der Waals surface area contributed by atoms with Crippen LogP contribution in [-0.4, -0.2) is 6.04 Å². The van der Waals surface area contributed by atoms with Gasteiger partial charge in [0.25, 0.3) is 0 Å². The summed E-state index contributed by atoms with van der Waals surface area (Å²) in [6.07, 6.45) is -0.0417. The molecule has 1 aromatic rings. The Morgan fingerprint density at radius 2 is 1.71 bits per heavy atom. The zero-order chi connectivity index (χ0) is 10.9. The van der Waals surface area contributed by atoms with Gasteiger partial charge in [-0.1, -0.05) is 0 Å². The Balaban J connectivity index is 3.19. The van der Waals surface area contributed by atoms with Gasteiger partial charge in [0.1, 0.15) is 0 Å². The van der Waals surface area contributed by atoms with Crippen molar-refractivity contribution in [3.8, 4) is 0 Å². The van der Waals surface area contributed by atoms with E-state index in [9.17, 15) is 17.6 Å². The molecule has 5 heteroatoms. The highest BCUT2D eigenvalue weighted by Gasteiger charge is 2.18. The Bertz CT molecular complexity index is 349. The second-order valence-electron chi connectivity index (χ2n) is 3.14. The summed E-state index contributed by atoms with van der Waals surface area (Å²) >= 11 is 0. The first-order chi connectivity index (χ1) is 6.43. The molecule has 1 nitrogen and oxygen atoms in total. The normalized spacial score (nSPS) is 13.0. The fourth-order valence-corrected chi connectivity index (χ4v) is 1.12. The van der Waals surface area contributed by atoms with Crippen LogP contribution in [0.4, 0.5) is 17.6 Å².